The molecule has 0 fully saturated rings. The van der Waals surface area contributed by atoms with Crippen LogP contribution in [0.1, 0.15) is 0 Å². The van der Waals surface area contributed by atoms with E-state index in [4.69, 9.17) is 9.47 Å². The highest BCUT2D eigenvalue weighted by Gasteiger charge is 2.10. The highest BCUT2D eigenvalue weighted by atomic mass is 16.7. The molecule has 0 amide bonds. The second-order valence-corrected chi connectivity index (χ2v) is 2.76. The number of aromatic nitrogens is 1. The van der Waals surface area contributed by atoms with Crippen molar-refractivity contribution in [3.63, 3.8) is 0 Å². The smallest absolute Gasteiger partial charge is 0.232 e. The fraction of sp³-hybridized carbons (Fsp3) is 0.111. The Morgan fingerprint density at radius 3 is 3.25 bits per heavy atom. The van der Waals surface area contributed by atoms with Gasteiger partial charge in [0.15, 0.2) is 5.88 Å². The number of hydrogen-bond acceptors (Lipinski definition) is 2. The van der Waals surface area contributed by atoms with E-state index in [0.29, 0.717) is 0 Å². The molecule has 0 radical (unpaired) electrons. The number of H-pyrrole nitrogens is 1. The van der Waals surface area contributed by atoms with Gasteiger partial charge in [0, 0.05) is 11.5 Å². The van der Waals surface area contributed by atoms with E-state index < -0.39 is 0 Å². The third-order valence-corrected chi connectivity index (χ3v) is 2.03. The van der Waals surface area contributed by atoms with Crippen molar-refractivity contribution in [2.75, 3.05) is 6.79 Å². The lowest BCUT2D eigenvalue weighted by Gasteiger charge is -2.07. The van der Waals surface area contributed by atoms with Crippen molar-refractivity contribution >= 4 is 10.9 Å². The second kappa shape index (κ2) is 1.94. The van der Waals surface area contributed by atoms with Crippen LogP contribution in [0.5, 0.6) is 11.6 Å². The molecule has 60 valence electrons. The van der Waals surface area contributed by atoms with Crippen LogP contribution < -0.4 is 9.47 Å². The number of fused-ring (bicyclic) bond motifs is 1. The van der Waals surface area contributed by atoms with Crippen LogP contribution >= 0.6 is 0 Å². The Morgan fingerprint density at radius 1 is 1.25 bits per heavy atom. The van der Waals surface area contributed by atoms with E-state index >= 15 is 0 Å². The number of hydrogen-bond donors (Lipinski definition) is 1. The zero-order chi connectivity index (χ0) is 7.97. The third kappa shape index (κ3) is 0.652. The summed E-state index contributed by atoms with van der Waals surface area (Å²) in [5, 5.41) is 1.09. The zero-order valence-electron chi connectivity index (χ0n) is 6.33. The molecule has 1 aliphatic rings. The lowest BCUT2D eigenvalue weighted by atomic mass is 10.2. The van der Waals surface area contributed by atoms with Gasteiger partial charge >= 0.3 is 0 Å². The van der Waals surface area contributed by atoms with Crippen LogP contribution in [-0.2, 0) is 0 Å². The molecule has 12 heavy (non-hydrogen) atoms. The van der Waals surface area contributed by atoms with Gasteiger partial charge in [0.05, 0.1) is 5.52 Å². The maximum Gasteiger partial charge on any atom is 0.232 e. The Labute approximate surface area is 68.9 Å². The van der Waals surface area contributed by atoms with Gasteiger partial charge in [0.1, 0.15) is 5.75 Å². The van der Waals surface area contributed by atoms with Crippen molar-refractivity contribution in [2.45, 2.75) is 0 Å². The first-order chi connectivity index (χ1) is 5.93. The molecule has 0 saturated heterocycles. The van der Waals surface area contributed by atoms with Crippen LogP contribution in [0.4, 0.5) is 0 Å². The van der Waals surface area contributed by atoms with Crippen molar-refractivity contribution in [2.24, 2.45) is 0 Å². The topological polar surface area (TPSA) is 34.2 Å². The van der Waals surface area contributed by atoms with E-state index in [-0.39, 0.29) is 6.79 Å². The summed E-state index contributed by atoms with van der Waals surface area (Å²) in [6, 6.07) is 7.86. The number of aromatic amines is 1. The molecule has 3 rings (SSSR count). The summed E-state index contributed by atoms with van der Waals surface area (Å²) in [5.41, 5.74) is 1.06. The van der Waals surface area contributed by atoms with Gasteiger partial charge in [0.25, 0.3) is 0 Å². The Kier molecular flexibility index (Phi) is 0.961. The molecule has 0 saturated carbocycles. The summed E-state index contributed by atoms with van der Waals surface area (Å²) in [4.78, 5) is 3.14. The minimum atomic E-state index is 0.287. The van der Waals surface area contributed by atoms with Gasteiger partial charge in [-0.1, -0.05) is 6.07 Å². The molecule has 0 unspecified atom stereocenters. The maximum absolute atomic E-state index is 5.35. The average molecular weight is 161 g/mol. The highest BCUT2D eigenvalue weighted by molar-refractivity contribution is 5.87. The quantitative estimate of drug-likeness (QED) is 0.640. The van der Waals surface area contributed by atoms with Gasteiger partial charge in [-0.05, 0) is 12.1 Å². The molecule has 1 aromatic heterocycles. The van der Waals surface area contributed by atoms with Gasteiger partial charge in [0.2, 0.25) is 6.79 Å². The van der Waals surface area contributed by atoms with Crippen LogP contribution in [0, 0.1) is 0 Å². The Hall–Kier alpha value is -1.64. The van der Waals surface area contributed by atoms with Crippen LogP contribution in [0.2, 0.25) is 0 Å². The van der Waals surface area contributed by atoms with Gasteiger partial charge in [-0.2, -0.15) is 0 Å². The minimum Gasteiger partial charge on any atom is -0.457 e. The van der Waals surface area contributed by atoms with Gasteiger partial charge in [-0.3, -0.25) is 0 Å². The summed E-state index contributed by atoms with van der Waals surface area (Å²) >= 11 is 0. The number of ether oxygens (including phenoxy) is 2. The largest absolute Gasteiger partial charge is 0.457 e. The fourth-order valence-corrected chi connectivity index (χ4v) is 1.46. The summed E-state index contributed by atoms with van der Waals surface area (Å²) in [7, 11) is 0. The molecule has 3 nitrogen and oxygen atoms in total. The van der Waals surface area contributed by atoms with Gasteiger partial charge in [-0.25, -0.2) is 0 Å². The molecule has 1 aromatic carbocycles. The zero-order valence-corrected chi connectivity index (χ0v) is 6.33. The van der Waals surface area contributed by atoms with E-state index in [0.717, 1.165) is 22.5 Å². The van der Waals surface area contributed by atoms with E-state index in [1.54, 1.807) is 0 Å². The molecule has 1 aliphatic heterocycles. The molecular weight excluding hydrogens is 154 g/mol. The van der Waals surface area contributed by atoms with Crippen molar-refractivity contribution in [3.05, 3.63) is 24.3 Å². The standard InChI is InChI=1S/C9H7NO2/c1-2-7-6-4-9(10-7)12-5-11-8(6)3-1/h1-4,10H,5H2. The van der Waals surface area contributed by atoms with Crippen molar-refractivity contribution in [1.29, 1.82) is 0 Å². The van der Waals surface area contributed by atoms with Crippen LogP contribution in [0.15, 0.2) is 24.3 Å². The molecule has 2 aromatic rings. The molecule has 2 bridgehead atoms. The van der Waals surface area contributed by atoms with Crippen LogP contribution in [0.3, 0.4) is 0 Å². The third-order valence-electron chi connectivity index (χ3n) is 2.03. The summed E-state index contributed by atoms with van der Waals surface area (Å²) in [6.45, 7) is 0.287. The molecule has 3 heteroatoms. The van der Waals surface area contributed by atoms with Crippen molar-refractivity contribution in [3.8, 4) is 11.6 Å². The summed E-state index contributed by atoms with van der Waals surface area (Å²) in [5.74, 6) is 1.66. The Morgan fingerprint density at radius 2 is 2.25 bits per heavy atom. The summed E-state index contributed by atoms with van der Waals surface area (Å²) in [6.07, 6.45) is 0. The molecule has 0 spiro atoms. The highest BCUT2D eigenvalue weighted by Crippen LogP contribution is 2.31. The Bertz CT molecular complexity index is 433. The van der Waals surface area contributed by atoms with Crippen molar-refractivity contribution in [1.82, 2.24) is 4.98 Å². The van der Waals surface area contributed by atoms with Gasteiger partial charge < -0.3 is 14.5 Å². The first-order valence-corrected chi connectivity index (χ1v) is 3.81. The molecule has 0 atom stereocenters. The van der Waals surface area contributed by atoms with E-state index in [1.165, 1.54) is 0 Å². The SMILES string of the molecule is c1cc2c3cc([nH]c3c1)OCO2. The van der Waals surface area contributed by atoms with E-state index in [1.807, 2.05) is 24.3 Å². The molecule has 1 N–H and O–H groups in total. The minimum absolute atomic E-state index is 0.287. The average Bonchev–Trinajstić information content (AvgIpc) is 2.37. The number of rotatable bonds is 0. The van der Waals surface area contributed by atoms with Crippen LogP contribution in [0.25, 0.3) is 10.9 Å². The Balaban J connectivity index is 2.47. The van der Waals surface area contributed by atoms with E-state index in [9.17, 15) is 0 Å². The van der Waals surface area contributed by atoms with Crippen molar-refractivity contribution < 1.29 is 9.47 Å². The first kappa shape index (κ1) is 5.94. The lowest BCUT2D eigenvalue weighted by Crippen LogP contribution is -2.05. The fourth-order valence-electron chi connectivity index (χ4n) is 1.46. The lowest BCUT2D eigenvalue weighted by molar-refractivity contribution is 0.119. The normalized spacial score (nSPS) is 14.0. The second-order valence-electron chi connectivity index (χ2n) is 2.76. The number of benzene rings is 1. The van der Waals surface area contributed by atoms with Crippen LogP contribution in [-0.4, -0.2) is 11.8 Å². The predicted molar refractivity (Wildman–Crippen MR) is 44.4 cm³/mol. The molecular formula is C9H7NO2. The van der Waals surface area contributed by atoms with E-state index in [2.05, 4.69) is 4.98 Å². The maximum atomic E-state index is 5.35. The summed E-state index contributed by atoms with van der Waals surface area (Å²) < 4.78 is 10.6. The monoisotopic (exact) mass is 161 g/mol. The predicted octanol–water partition coefficient (Wildman–Crippen LogP) is 1.90. The first-order valence-electron chi connectivity index (χ1n) is 3.81. The molecule has 0 aliphatic carbocycles. The molecule has 2 heterocycles. The van der Waals surface area contributed by atoms with Gasteiger partial charge in [-0.15, -0.1) is 0 Å². The number of nitrogens with one attached hydrogen (secondary N) is 1.